The minimum Gasteiger partial charge on any atom is -0.391 e. The van der Waals surface area contributed by atoms with Gasteiger partial charge < -0.3 is 15.7 Å². The normalized spacial score (nSPS) is 12.3. The van der Waals surface area contributed by atoms with Gasteiger partial charge in [-0.3, -0.25) is 0 Å². The molecule has 1 aromatic rings. The zero-order chi connectivity index (χ0) is 13.7. The molecule has 0 spiro atoms. The number of carbonyl (C=O) groups excluding carboxylic acids is 1. The van der Waals surface area contributed by atoms with E-state index in [2.05, 4.69) is 26.6 Å². The number of nitrogens with one attached hydrogen (secondary N) is 2. The Morgan fingerprint density at radius 3 is 2.72 bits per heavy atom. The van der Waals surface area contributed by atoms with Gasteiger partial charge in [0.15, 0.2) is 0 Å². The Labute approximate surface area is 114 Å². The fourth-order valence-corrected chi connectivity index (χ4v) is 1.64. The highest BCUT2D eigenvalue weighted by molar-refractivity contribution is 9.10. The van der Waals surface area contributed by atoms with Crippen molar-refractivity contribution in [3.63, 3.8) is 0 Å². The highest BCUT2D eigenvalue weighted by Crippen LogP contribution is 2.22. The Morgan fingerprint density at radius 2 is 2.17 bits per heavy atom. The van der Waals surface area contributed by atoms with E-state index in [4.69, 9.17) is 0 Å². The van der Waals surface area contributed by atoms with Gasteiger partial charge in [0.2, 0.25) is 0 Å². The van der Waals surface area contributed by atoms with Crippen LogP contribution in [-0.4, -0.2) is 23.8 Å². The Bertz CT molecular complexity index is 427. The molecule has 3 N–H and O–H groups in total. The Hall–Kier alpha value is -1.14. The van der Waals surface area contributed by atoms with Crippen molar-refractivity contribution in [2.75, 3.05) is 11.9 Å². The van der Waals surface area contributed by atoms with Crippen molar-refractivity contribution in [3.05, 3.63) is 28.5 Å². The first kappa shape index (κ1) is 14.9. The molecule has 100 valence electrons. The van der Waals surface area contributed by atoms with Crippen LogP contribution < -0.4 is 10.6 Å². The molecular formula is C12H16BrFN2O2. The third-order valence-corrected chi connectivity index (χ3v) is 3.08. The molecule has 1 aromatic carbocycles. The number of carbonyl (C=O) groups is 1. The average Bonchev–Trinajstić information content (AvgIpc) is 2.29. The molecule has 0 bridgehead atoms. The predicted octanol–water partition coefficient (Wildman–Crippen LogP) is 2.73. The average molecular weight is 319 g/mol. The molecule has 6 heteroatoms. The van der Waals surface area contributed by atoms with E-state index in [0.29, 0.717) is 10.2 Å². The van der Waals surface area contributed by atoms with Crippen LogP contribution in [0.3, 0.4) is 0 Å². The Balaban J connectivity index is 2.50. The summed E-state index contributed by atoms with van der Waals surface area (Å²) in [5.41, 5.74) is 0.466. The molecule has 0 radical (unpaired) electrons. The maximum absolute atomic E-state index is 12.8. The van der Waals surface area contributed by atoms with Crippen LogP contribution in [0.15, 0.2) is 22.7 Å². The minimum absolute atomic E-state index is 0.0721. The number of anilines is 1. The number of aliphatic hydroxyl groups is 1. The highest BCUT2D eigenvalue weighted by atomic mass is 79.9. The maximum atomic E-state index is 12.8. The molecule has 0 aromatic heterocycles. The SMILES string of the molecule is CC(C)C(O)CNC(=O)Nc1ccc(F)cc1Br. The van der Waals surface area contributed by atoms with E-state index in [1.165, 1.54) is 18.2 Å². The third kappa shape index (κ3) is 4.62. The lowest BCUT2D eigenvalue weighted by molar-refractivity contribution is 0.126. The maximum Gasteiger partial charge on any atom is 0.319 e. The van der Waals surface area contributed by atoms with Gasteiger partial charge in [0.05, 0.1) is 11.8 Å². The molecule has 1 atom stereocenters. The standard InChI is InChI=1S/C12H16BrFN2O2/c1-7(2)11(17)6-15-12(18)16-10-4-3-8(14)5-9(10)13/h3-5,7,11,17H,6H2,1-2H3,(H2,15,16,18). The summed E-state index contributed by atoms with van der Waals surface area (Å²) in [5.74, 6) is -0.314. The van der Waals surface area contributed by atoms with Crippen molar-refractivity contribution in [1.29, 1.82) is 0 Å². The molecule has 0 aliphatic rings. The van der Waals surface area contributed by atoms with Gasteiger partial charge in [-0.05, 0) is 40.0 Å². The van der Waals surface area contributed by atoms with E-state index in [-0.39, 0.29) is 18.3 Å². The van der Waals surface area contributed by atoms with E-state index >= 15 is 0 Å². The minimum atomic E-state index is -0.590. The van der Waals surface area contributed by atoms with Gasteiger partial charge in [0.1, 0.15) is 5.82 Å². The number of aliphatic hydroxyl groups excluding tert-OH is 1. The lowest BCUT2D eigenvalue weighted by Crippen LogP contribution is -2.37. The second-order valence-electron chi connectivity index (χ2n) is 4.27. The zero-order valence-electron chi connectivity index (χ0n) is 10.2. The third-order valence-electron chi connectivity index (χ3n) is 2.42. The molecule has 0 aliphatic carbocycles. The fraction of sp³-hybridized carbons (Fsp3) is 0.417. The van der Waals surface area contributed by atoms with Crippen LogP contribution in [0.1, 0.15) is 13.8 Å². The molecule has 0 saturated heterocycles. The summed E-state index contributed by atoms with van der Waals surface area (Å²) in [7, 11) is 0. The first-order chi connectivity index (χ1) is 8.40. The molecule has 0 aliphatic heterocycles. The van der Waals surface area contributed by atoms with Crippen molar-refractivity contribution in [2.45, 2.75) is 20.0 Å². The zero-order valence-corrected chi connectivity index (χ0v) is 11.8. The molecule has 1 unspecified atom stereocenters. The predicted molar refractivity (Wildman–Crippen MR) is 72.0 cm³/mol. The first-order valence-electron chi connectivity index (χ1n) is 5.58. The monoisotopic (exact) mass is 318 g/mol. The lowest BCUT2D eigenvalue weighted by atomic mass is 10.1. The summed E-state index contributed by atoms with van der Waals surface area (Å²) in [6.45, 7) is 3.89. The van der Waals surface area contributed by atoms with Crippen LogP contribution in [-0.2, 0) is 0 Å². The smallest absolute Gasteiger partial charge is 0.319 e. The van der Waals surface area contributed by atoms with Crippen molar-refractivity contribution in [2.24, 2.45) is 5.92 Å². The fourth-order valence-electron chi connectivity index (χ4n) is 1.19. The van der Waals surface area contributed by atoms with Crippen LogP contribution in [0.25, 0.3) is 0 Å². The van der Waals surface area contributed by atoms with Gasteiger partial charge in [0, 0.05) is 11.0 Å². The largest absolute Gasteiger partial charge is 0.391 e. The van der Waals surface area contributed by atoms with Crippen LogP contribution in [0.2, 0.25) is 0 Å². The summed E-state index contributed by atoms with van der Waals surface area (Å²) in [4.78, 5) is 11.5. The van der Waals surface area contributed by atoms with E-state index in [0.717, 1.165) is 0 Å². The molecule has 18 heavy (non-hydrogen) atoms. The summed E-state index contributed by atoms with van der Waals surface area (Å²) >= 11 is 3.15. The molecule has 0 fully saturated rings. The topological polar surface area (TPSA) is 61.4 Å². The molecule has 4 nitrogen and oxygen atoms in total. The van der Waals surface area contributed by atoms with E-state index in [1.807, 2.05) is 13.8 Å². The molecule has 0 heterocycles. The molecule has 1 rings (SSSR count). The summed E-state index contributed by atoms with van der Waals surface area (Å²) in [5, 5.41) is 14.6. The van der Waals surface area contributed by atoms with Gasteiger partial charge in [0.25, 0.3) is 0 Å². The lowest BCUT2D eigenvalue weighted by Gasteiger charge is -2.15. The number of benzene rings is 1. The number of hydrogen-bond donors (Lipinski definition) is 3. The van der Waals surface area contributed by atoms with Gasteiger partial charge >= 0.3 is 6.03 Å². The Kier molecular flexibility index (Phi) is 5.55. The number of urea groups is 1. The Morgan fingerprint density at radius 1 is 1.50 bits per heavy atom. The number of rotatable bonds is 4. The second kappa shape index (κ2) is 6.70. The number of halogens is 2. The second-order valence-corrected chi connectivity index (χ2v) is 5.12. The van der Waals surface area contributed by atoms with Crippen molar-refractivity contribution in [3.8, 4) is 0 Å². The van der Waals surface area contributed by atoms with Crippen LogP contribution in [0, 0.1) is 11.7 Å². The summed E-state index contributed by atoms with van der Waals surface area (Å²) in [6, 6.07) is 3.53. The van der Waals surface area contributed by atoms with Crippen LogP contribution in [0.5, 0.6) is 0 Å². The molecule has 2 amide bonds. The van der Waals surface area contributed by atoms with Crippen molar-refractivity contribution in [1.82, 2.24) is 5.32 Å². The van der Waals surface area contributed by atoms with Crippen LogP contribution in [0.4, 0.5) is 14.9 Å². The van der Waals surface area contributed by atoms with Gasteiger partial charge in [-0.1, -0.05) is 13.8 Å². The van der Waals surface area contributed by atoms with Crippen molar-refractivity contribution < 1.29 is 14.3 Å². The van der Waals surface area contributed by atoms with E-state index < -0.39 is 12.1 Å². The van der Waals surface area contributed by atoms with Gasteiger partial charge in [-0.15, -0.1) is 0 Å². The van der Waals surface area contributed by atoms with E-state index in [1.54, 1.807) is 0 Å². The molecule has 0 saturated carbocycles. The summed E-state index contributed by atoms with van der Waals surface area (Å²) in [6.07, 6.45) is -0.590. The summed E-state index contributed by atoms with van der Waals surface area (Å²) < 4.78 is 13.3. The highest BCUT2D eigenvalue weighted by Gasteiger charge is 2.11. The quantitative estimate of drug-likeness (QED) is 0.799. The van der Waals surface area contributed by atoms with Crippen molar-refractivity contribution >= 4 is 27.6 Å². The van der Waals surface area contributed by atoms with E-state index in [9.17, 15) is 14.3 Å². The number of hydrogen-bond acceptors (Lipinski definition) is 2. The number of amides is 2. The first-order valence-corrected chi connectivity index (χ1v) is 6.37. The van der Waals surface area contributed by atoms with Gasteiger partial charge in [-0.2, -0.15) is 0 Å². The van der Waals surface area contributed by atoms with Gasteiger partial charge in [-0.25, -0.2) is 9.18 Å². The molecular weight excluding hydrogens is 303 g/mol. The van der Waals surface area contributed by atoms with Crippen LogP contribution >= 0.6 is 15.9 Å².